The summed E-state index contributed by atoms with van der Waals surface area (Å²) in [6, 6.07) is 9.61. The average Bonchev–Trinajstić information content (AvgIpc) is 2.30. The third-order valence-corrected chi connectivity index (χ3v) is 2.92. The Bertz CT molecular complexity index is 578. The molecule has 0 aliphatic rings. The van der Waals surface area contributed by atoms with Gasteiger partial charge in [-0.05, 0) is 36.2 Å². The lowest BCUT2D eigenvalue weighted by atomic mass is 9.99. The van der Waals surface area contributed by atoms with Crippen molar-refractivity contribution in [2.24, 2.45) is 0 Å². The molecular weight excluding hydrogens is 239 g/mol. The minimum absolute atomic E-state index is 0.271. The Morgan fingerprint density at radius 1 is 1.12 bits per heavy atom. The molecule has 1 nitrogen and oxygen atoms in total. The smallest absolute Gasteiger partial charge is 0.150 e. The van der Waals surface area contributed by atoms with Crippen molar-refractivity contribution in [2.75, 3.05) is 0 Å². The van der Waals surface area contributed by atoms with E-state index in [2.05, 4.69) is 0 Å². The summed E-state index contributed by atoms with van der Waals surface area (Å²) in [6.07, 6.45) is 0.743. The number of halogens is 2. The number of hydrogen-bond acceptors (Lipinski definition) is 1. The number of aryl methyl sites for hydroxylation is 1. The third kappa shape index (κ3) is 2.37. The second kappa shape index (κ2) is 4.68. The standard InChI is InChI=1S/C14H10ClFO/c1-9-6-11(16)3-5-12(9)13-4-2-10(8-17)7-14(13)15/h2-8H,1H3. The fourth-order valence-electron chi connectivity index (χ4n) is 1.75. The van der Waals surface area contributed by atoms with E-state index >= 15 is 0 Å². The monoisotopic (exact) mass is 248 g/mol. The van der Waals surface area contributed by atoms with E-state index in [0.717, 1.165) is 23.0 Å². The molecule has 86 valence electrons. The molecule has 0 heterocycles. The molecule has 0 aliphatic heterocycles. The molecule has 0 saturated carbocycles. The maximum atomic E-state index is 13.0. The van der Waals surface area contributed by atoms with Gasteiger partial charge in [0.05, 0.1) is 0 Å². The van der Waals surface area contributed by atoms with Crippen LogP contribution >= 0.6 is 11.6 Å². The Morgan fingerprint density at radius 2 is 1.82 bits per heavy atom. The van der Waals surface area contributed by atoms with Crippen LogP contribution in [0.2, 0.25) is 5.02 Å². The first kappa shape index (κ1) is 11.8. The molecule has 0 fully saturated rings. The Morgan fingerprint density at radius 3 is 2.41 bits per heavy atom. The van der Waals surface area contributed by atoms with Gasteiger partial charge in [0.2, 0.25) is 0 Å². The molecular formula is C14H10ClFO. The lowest BCUT2D eigenvalue weighted by Crippen LogP contribution is -1.88. The van der Waals surface area contributed by atoms with Crippen LogP contribution in [0.4, 0.5) is 4.39 Å². The molecule has 2 rings (SSSR count). The van der Waals surface area contributed by atoms with Crippen molar-refractivity contribution in [1.82, 2.24) is 0 Å². The van der Waals surface area contributed by atoms with E-state index < -0.39 is 0 Å². The highest BCUT2D eigenvalue weighted by Gasteiger charge is 2.07. The van der Waals surface area contributed by atoms with Gasteiger partial charge < -0.3 is 0 Å². The summed E-state index contributed by atoms with van der Waals surface area (Å²) in [7, 11) is 0. The summed E-state index contributed by atoms with van der Waals surface area (Å²) in [5.74, 6) is -0.271. The highest BCUT2D eigenvalue weighted by Crippen LogP contribution is 2.31. The van der Waals surface area contributed by atoms with E-state index in [0.29, 0.717) is 10.6 Å². The van der Waals surface area contributed by atoms with Crippen LogP contribution in [0.5, 0.6) is 0 Å². The quantitative estimate of drug-likeness (QED) is 0.726. The fourth-order valence-corrected chi connectivity index (χ4v) is 2.04. The molecule has 3 heteroatoms. The van der Waals surface area contributed by atoms with Gasteiger partial charge in [-0.2, -0.15) is 0 Å². The molecule has 0 aromatic heterocycles. The van der Waals surface area contributed by atoms with Crippen LogP contribution < -0.4 is 0 Å². The topological polar surface area (TPSA) is 17.1 Å². The molecule has 0 spiro atoms. The number of rotatable bonds is 2. The molecule has 0 amide bonds. The molecule has 17 heavy (non-hydrogen) atoms. The zero-order valence-electron chi connectivity index (χ0n) is 9.21. The van der Waals surface area contributed by atoms with E-state index in [1.807, 2.05) is 6.92 Å². The van der Waals surface area contributed by atoms with Gasteiger partial charge in [0.25, 0.3) is 0 Å². The van der Waals surface area contributed by atoms with Crippen LogP contribution in [0, 0.1) is 12.7 Å². The Hall–Kier alpha value is -1.67. The molecule has 0 N–H and O–H groups in total. The maximum absolute atomic E-state index is 13.0. The highest BCUT2D eigenvalue weighted by atomic mass is 35.5. The van der Waals surface area contributed by atoms with E-state index in [-0.39, 0.29) is 5.82 Å². The van der Waals surface area contributed by atoms with Crippen molar-refractivity contribution in [1.29, 1.82) is 0 Å². The molecule has 2 aromatic carbocycles. The first-order valence-corrected chi connectivity index (χ1v) is 5.51. The zero-order chi connectivity index (χ0) is 12.4. The molecule has 0 saturated heterocycles. The van der Waals surface area contributed by atoms with Crippen molar-refractivity contribution in [3.05, 3.63) is 58.4 Å². The third-order valence-electron chi connectivity index (χ3n) is 2.61. The molecule has 0 bridgehead atoms. The van der Waals surface area contributed by atoms with Crippen molar-refractivity contribution < 1.29 is 9.18 Å². The van der Waals surface area contributed by atoms with Gasteiger partial charge in [0, 0.05) is 16.1 Å². The van der Waals surface area contributed by atoms with E-state index in [9.17, 15) is 9.18 Å². The summed E-state index contributed by atoms with van der Waals surface area (Å²) < 4.78 is 13.0. The average molecular weight is 249 g/mol. The highest BCUT2D eigenvalue weighted by molar-refractivity contribution is 6.33. The minimum Gasteiger partial charge on any atom is -0.298 e. The predicted octanol–water partition coefficient (Wildman–Crippen LogP) is 4.27. The molecule has 2 aromatic rings. The Balaban J connectivity index is 2.56. The van der Waals surface area contributed by atoms with Crippen LogP contribution in [0.1, 0.15) is 15.9 Å². The van der Waals surface area contributed by atoms with Crippen LogP contribution in [0.15, 0.2) is 36.4 Å². The van der Waals surface area contributed by atoms with Gasteiger partial charge in [0.1, 0.15) is 12.1 Å². The first-order chi connectivity index (χ1) is 8.11. The van der Waals surface area contributed by atoms with E-state index in [1.54, 1.807) is 24.3 Å². The fraction of sp³-hybridized carbons (Fsp3) is 0.0714. The van der Waals surface area contributed by atoms with Gasteiger partial charge >= 0.3 is 0 Å². The number of benzene rings is 2. The van der Waals surface area contributed by atoms with Gasteiger partial charge in [-0.1, -0.05) is 29.8 Å². The largest absolute Gasteiger partial charge is 0.298 e. The van der Waals surface area contributed by atoms with Crippen molar-refractivity contribution >= 4 is 17.9 Å². The number of aldehydes is 1. The molecule has 0 aliphatic carbocycles. The number of carbonyl (C=O) groups excluding carboxylic acids is 1. The predicted molar refractivity (Wildman–Crippen MR) is 67.0 cm³/mol. The van der Waals surface area contributed by atoms with E-state index in [4.69, 9.17) is 11.6 Å². The lowest BCUT2D eigenvalue weighted by Gasteiger charge is -2.08. The SMILES string of the molecule is Cc1cc(F)ccc1-c1ccc(C=O)cc1Cl. The van der Waals surface area contributed by atoms with Crippen molar-refractivity contribution in [3.8, 4) is 11.1 Å². The second-order valence-corrected chi connectivity index (χ2v) is 4.22. The molecule has 0 unspecified atom stereocenters. The maximum Gasteiger partial charge on any atom is 0.150 e. The summed E-state index contributed by atoms with van der Waals surface area (Å²) >= 11 is 6.10. The number of carbonyl (C=O) groups is 1. The summed E-state index contributed by atoms with van der Waals surface area (Å²) in [6.45, 7) is 1.82. The summed E-state index contributed by atoms with van der Waals surface area (Å²) in [5, 5.41) is 0.490. The van der Waals surface area contributed by atoms with Crippen LogP contribution in [0.25, 0.3) is 11.1 Å². The van der Waals surface area contributed by atoms with Crippen LogP contribution in [-0.4, -0.2) is 6.29 Å². The molecule has 0 radical (unpaired) electrons. The summed E-state index contributed by atoms with van der Waals surface area (Å²) in [5.41, 5.74) is 3.01. The van der Waals surface area contributed by atoms with Gasteiger partial charge in [0.15, 0.2) is 0 Å². The van der Waals surface area contributed by atoms with Gasteiger partial charge in [-0.3, -0.25) is 4.79 Å². The van der Waals surface area contributed by atoms with Gasteiger partial charge in [-0.15, -0.1) is 0 Å². The Kier molecular flexibility index (Phi) is 3.25. The first-order valence-electron chi connectivity index (χ1n) is 5.13. The Labute approximate surface area is 104 Å². The minimum atomic E-state index is -0.271. The van der Waals surface area contributed by atoms with Crippen LogP contribution in [-0.2, 0) is 0 Å². The lowest BCUT2D eigenvalue weighted by molar-refractivity contribution is 0.112. The number of hydrogen-bond donors (Lipinski definition) is 0. The van der Waals surface area contributed by atoms with E-state index in [1.165, 1.54) is 12.1 Å². The van der Waals surface area contributed by atoms with Gasteiger partial charge in [-0.25, -0.2) is 4.39 Å². The second-order valence-electron chi connectivity index (χ2n) is 3.82. The van der Waals surface area contributed by atoms with Crippen molar-refractivity contribution in [3.63, 3.8) is 0 Å². The summed E-state index contributed by atoms with van der Waals surface area (Å²) in [4.78, 5) is 10.6. The van der Waals surface area contributed by atoms with Crippen molar-refractivity contribution in [2.45, 2.75) is 6.92 Å². The normalized spacial score (nSPS) is 10.3. The molecule has 0 atom stereocenters. The zero-order valence-corrected chi connectivity index (χ0v) is 9.96. The van der Waals surface area contributed by atoms with Crippen LogP contribution in [0.3, 0.4) is 0 Å².